The summed E-state index contributed by atoms with van der Waals surface area (Å²) in [5.41, 5.74) is 1.75. The van der Waals surface area contributed by atoms with Gasteiger partial charge in [-0.2, -0.15) is 9.78 Å². The van der Waals surface area contributed by atoms with Gasteiger partial charge in [0.25, 0.3) is 5.56 Å². The molecule has 10 heteroatoms. The molecule has 1 aromatic heterocycles. The van der Waals surface area contributed by atoms with Gasteiger partial charge in [-0.1, -0.05) is 66.5 Å². The molecule has 0 saturated heterocycles. The first-order valence-electron chi connectivity index (χ1n) is 12.4. The molecule has 4 rings (SSSR count). The van der Waals surface area contributed by atoms with Crippen molar-refractivity contribution >= 4 is 38.7 Å². The average Bonchev–Trinajstić information content (AvgIpc) is 2.87. The number of aryl methyl sites for hydroxylation is 1. The Labute approximate surface area is 234 Å². The number of fused-ring (bicyclic) bond motifs is 1. The molecule has 0 aliphatic rings. The fourth-order valence-corrected chi connectivity index (χ4v) is 4.41. The quantitative estimate of drug-likeness (QED) is 0.131. The molecular formula is C29H29BrN4O5. The summed E-state index contributed by atoms with van der Waals surface area (Å²) in [5, 5.41) is 16.9. The van der Waals surface area contributed by atoms with E-state index in [0.29, 0.717) is 22.3 Å². The fourth-order valence-electron chi connectivity index (χ4n) is 4.05. The molecule has 0 spiro atoms. The highest BCUT2D eigenvalue weighted by Crippen LogP contribution is 2.39. The summed E-state index contributed by atoms with van der Waals surface area (Å²) in [6.45, 7) is 9.96. The highest BCUT2D eigenvalue weighted by atomic mass is 79.9. The molecule has 0 unspecified atom stereocenters. The van der Waals surface area contributed by atoms with Gasteiger partial charge in [-0.05, 0) is 43.7 Å². The van der Waals surface area contributed by atoms with Gasteiger partial charge >= 0.3 is 5.69 Å². The predicted molar refractivity (Wildman–Crippen MR) is 155 cm³/mol. The average molecular weight is 593 g/mol. The van der Waals surface area contributed by atoms with Crippen molar-refractivity contribution in [2.75, 3.05) is 6.61 Å². The van der Waals surface area contributed by atoms with Gasteiger partial charge in [-0.15, -0.1) is 0 Å². The highest BCUT2D eigenvalue weighted by molar-refractivity contribution is 9.10. The lowest BCUT2D eigenvalue weighted by Gasteiger charge is -2.21. The van der Waals surface area contributed by atoms with Crippen LogP contribution < -0.4 is 15.0 Å². The first kappa shape index (κ1) is 28.0. The Bertz CT molecular complexity index is 1640. The third kappa shape index (κ3) is 6.34. The third-order valence-corrected chi connectivity index (χ3v) is 6.31. The maximum absolute atomic E-state index is 13.4. The predicted octanol–water partition coefficient (Wildman–Crippen LogP) is 6.53. The van der Waals surface area contributed by atoms with E-state index < -0.39 is 10.3 Å². The van der Waals surface area contributed by atoms with Crippen LogP contribution in [0.2, 0.25) is 0 Å². The number of nitro groups is 1. The van der Waals surface area contributed by atoms with Gasteiger partial charge in [0.2, 0.25) is 5.75 Å². The minimum atomic E-state index is -0.521. The van der Waals surface area contributed by atoms with Crippen LogP contribution in [0.1, 0.15) is 50.2 Å². The van der Waals surface area contributed by atoms with Gasteiger partial charge in [0.05, 0.1) is 28.6 Å². The number of benzene rings is 3. The Balaban J connectivity index is 1.80. The minimum Gasteiger partial charge on any atom is -0.490 e. The monoisotopic (exact) mass is 592 g/mol. The second-order valence-electron chi connectivity index (χ2n) is 10.0. The Hall–Kier alpha value is -4.05. The van der Waals surface area contributed by atoms with Gasteiger partial charge in [0.1, 0.15) is 12.4 Å². The van der Waals surface area contributed by atoms with E-state index in [0.717, 1.165) is 15.6 Å². The summed E-state index contributed by atoms with van der Waals surface area (Å²) in [6.07, 6.45) is 1.39. The topological polar surface area (TPSA) is 109 Å². The number of rotatable bonds is 8. The first-order valence-corrected chi connectivity index (χ1v) is 13.2. The van der Waals surface area contributed by atoms with Gasteiger partial charge in [0, 0.05) is 21.5 Å². The molecule has 1 heterocycles. The van der Waals surface area contributed by atoms with E-state index in [1.54, 1.807) is 25.1 Å². The van der Waals surface area contributed by atoms with Crippen LogP contribution in [0, 0.1) is 17.0 Å². The molecule has 0 aliphatic heterocycles. The molecule has 0 fully saturated rings. The lowest BCUT2D eigenvalue weighted by Crippen LogP contribution is -2.29. The normalized spacial score (nSPS) is 11.7. The molecule has 4 aromatic rings. The first-order chi connectivity index (χ1) is 18.5. The van der Waals surface area contributed by atoms with E-state index >= 15 is 0 Å². The lowest BCUT2D eigenvalue weighted by molar-refractivity contribution is -0.386. The van der Waals surface area contributed by atoms with Crippen LogP contribution in [0.25, 0.3) is 10.9 Å². The summed E-state index contributed by atoms with van der Waals surface area (Å²) < 4.78 is 13.6. The Morgan fingerprint density at radius 1 is 1.13 bits per heavy atom. The Kier molecular flexibility index (Phi) is 8.15. The number of nitrogens with zero attached hydrogens (tertiary/aromatic N) is 4. The van der Waals surface area contributed by atoms with Crippen LogP contribution in [0.15, 0.2) is 69.0 Å². The molecule has 0 bridgehead atoms. The standard InChI is InChI=1S/C29H29BrN4O5/c1-6-38-25-14-20(13-24(34(36)37)26(25)39-17-19-9-7-8-18(2)12-19)16-31-33-27(35)22-15-21(30)10-11-23(22)32-28(33)29(3,4)5/h7-16H,6,17H2,1-5H3. The van der Waals surface area contributed by atoms with E-state index in [-0.39, 0.29) is 36.0 Å². The van der Waals surface area contributed by atoms with Crippen LogP contribution in [-0.2, 0) is 12.0 Å². The number of aromatic nitrogens is 2. The minimum absolute atomic E-state index is 0.0327. The molecule has 0 radical (unpaired) electrons. The zero-order valence-electron chi connectivity index (χ0n) is 22.4. The molecule has 0 saturated carbocycles. The van der Waals surface area contributed by atoms with Crippen LogP contribution in [0.4, 0.5) is 5.69 Å². The van der Waals surface area contributed by atoms with Crippen molar-refractivity contribution in [1.29, 1.82) is 0 Å². The lowest BCUT2D eigenvalue weighted by atomic mass is 9.95. The van der Waals surface area contributed by atoms with Crippen molar-refractivity contribution in [2.45, 2.75) is 46.6 Å². The second-order valence-corrected chi connectivity index (χ2v) is 11.0. The zero-order valence-corrected chi connectivity index (χ0v) is 24.0. The summed E-state index contributed by atoms with van der Waals surface area (Å²) in [5.74, 6) is 0.700. The Morgan fingerprint density at radius 2 is 1.90 bits per heavy atom. The number of ether oxygens (including phenoxy) is 2. The third-order valence-electron chi connectivity index (χ3n) is 5.82. The Morgan fingerprint density at radius 3 is 2.56 bits per heavy atom. The van der Waals surface area contributed by atoms with Crippen LogP contribution in [-0.4, -0.2) is 27.4 Å². The van der Waals surface area contributed by atoms with Crippen molar-refractivity contribution in [3.63, 3.8) is 0 Å². The molecule has 0 atom stereocenters. The second kappa shape index (κ2) is 11.4. The molecule has 0 aliphatic carbocycles. The molecule has 202 valence electrons. The molecule has 39 heavy (non-hydrogen) atoms. The van der Waals surface area contributed by atoms with Crippen LogP contribution in [0.5, 0.6) is 11.5 Å². The maximum atomic E-state index is 13.4. The molecule has 3 aromatic carbocycles. The van der Waals surface area contributed by atoms with E-state index in [2.05, 4.69) is 21.0 Å². The molecule has 9 nitrogen and oxygen atoms in total. The maximum Gasteiger partial charge on any atom is 0.315 e. The summed E-state index contributed by atoms with van der Waals surface area (Å²) in [6, 6.07) is 16.0. The zero-order chi connectivity index (χ0) is 28.3. The van der Waals surface area contributed by atoms with Crippen LogP contribution >= 0.6 is 15.9 Å². The van der Waals surface area contributed by atoms with Gasteiger partial charge in [-0.25, -0.2) is 4.98 Å². The summed E-state index contributed by atoms with van der Waals surface area (Å²) >= 11 is 3.40. The number of hydrogen-bond acceptors (Lipinski definition) is 7. The smallest absolute Gasteiger partial charge is 0.315 e. The summed E-state index contributed by atoms with van der Waals surface area (Å²) in [7, 11) is 0. The number of nitro benzene ring substituents is 1. The summed E-state index contributed by atoms with van der Waals surface area (Å²) in [4.78, 5) is 29.7. The van der Waals surface area contributed by atoms with Crippen molar-refractivity contribution in [2.24, 2.45) is 5.10 Å². The van der Waals surface area contributed by atoms with Gasteiger partial charge < -0.3 is 9.47 Å². The van der Waals surface area contributed by atoms with Crippen molar-refractivity contribution in [1.82, 2.24) is 9.66 Å². The van der Waals surface area contributed by atoms with E-state index in [1.807, 2.05) is 58.0 Å². The highest BCUT2D eigenvalue weighted by Gasteiger charge is 2.25. The number of hydrogen-bond donors (Lipinski definition) is 0. The molecule has 0 amide bonds. The van der Waals surface area contributed by atoms with Crippen LogP contribution in [0.3, 0.4) is 0 Å². The van der Waals surface area contributed by atoms with Crippen molar-refractivity contribution in [3.8, 4) is 11.5 Å². The largest absolute Gasteiger partial charge is 0.490 e. The molecule has 0 N–H and O–H groups in total. The van der Waals surface area contributed by atoms with Gasteiger partial charge in [-0.3, -0.25) is 14.9 Å². The fraction of sp³-hybridized carbons (Fsp3) is 0.276. The molecular weight excluding hydrogens is 564 g/mol. The van der Waals surface area contributed by atoms with E-state index in [1.165, 1.54) is 17.0 Å². The van der Waals surface area contributed by atoms with Gasteiger partial charge in [0.15, 0.2) is 5.75 Å². The number of halogens is 1. The SMILES string of the molecule is CCOc1cc(C=Nn2c(C(C)(C)C)nc3ccc(Br)cc3c2=O)cc([N+](=O)[O-])c1OCc1cccc(C)c1. The van der Waals surface area contributed by atoms with E-state index in [9.17, 15) is 14.9 Å². The van der Waals surface area contributed by atoms with Crippen molar-refractivity contribution in [3.05, 3.63) is 102 Å². The van der Waals surface area contributed by atoms with Crippen molar-refractivity contribution < 1.29 is 14.4 Å². The van der Waals surface area contributed by atoms with E-state index in [4.69, 9.17) is 14.5 Å².